The first-order valence-corrected chi connectivity index (χ1v) is 6.14. The van der Waals surface area contributed by atoms with Gasteiger partial charge in [0, 0.05) is 11.9 Å². The van der Waals surface area contributed by atoms with Crippen LogP contribution in [0.4, 0.5) is 0 Å². The molecule has 0 spiro atoms. The fourth-order valence-corrected chi connectivity index (χ4v) is 2.35. The summed E-state index contributed by atoms with van der Waals surface area (Å²) in [6.07, 6.45) is 9.57. The monoisotopic (exact) mass is 203 g/mol. The third-order valence-corrected chi connectivity index (χ3v) is 3.36. The molecule has 1 aliphatic rings. The summed E-state index contributed by atoms with van der Waals surface area (Å²) in [6, 6.07) is 0.865. The fraction of sp³-hybridized carbons (Fsp3) is 1.00. The summed E-state index contributed by atoms with van der Waals surface area (Å²) in [5.74, 6) is 0.818. The first-order valence-electron chi connectivity index (χ1n) is 5.61. The van der Waals surface area contributed by atoms with Crippen molar-refractivity contribution in [2.75, 3.05) is 19.5 Å². The first kappa shape index (κ1) is 11.3. The Hall–Kier alpha value is 0.250. The Kier molecular flexibility index (Phi) is 5.81. The van der Waals surface area contributed by atoms with E-state index >= 15 is 0 Å². The van der Waals surface area contributed by atoms with Crippen molar-refractivity contribution in [1.82, 2.24) is 4.90 Å². The van der Waals surface area contributed by atoms with E-state index in [1.54, 1.807) is 0 Å². The average molecular weight is 204 g/mol. The molecule has 0 saturated heterocycles. The van der Waals surface area contributed by atoms with Crippen molar-refractivity contribution in [2.45, 2.75) is 51.0 Å². The number of halogens is 1. The average Bonchev–Trinajstić information content (AvgIpc) is 2.19. The van der Waals surface area contributed by atoms with Crippen LogP contribution in [-0.2, 0) is 0 Å². The van der Waals surface area contributed by atoms with Crippen LogP contribution in [0.2, 0.25) is 0 Å². The molecule has 1 rings (SSSR count). The molecular formula is C11H22ClN. The van der Waals surface area contributed by atoms with E-state index in [-0.39, 0.29) is 0 Å². The predicted octanol–water partition coefficient (Wildman–Crippen LogP) is 3.27. The molecule has 0 aromatic carbocycles. The second kappa shape index (κ2) is 6.67. The van der Waals surface area contributed by atoms with Crippen molar-refractivity contribution in [1.29, 1.82) is 0 Å². The molecule has 1 fully saturated rings. The van der Waals surface area contributed by atoms with Gasteiger partial charge in [0.25, 0.3) is 0 Å². The van der Waals surface area contributed by atoms with Crippen molar-refractivity contribution < 1.29 is 0 Å². The van der Waals surface area contributed by atoms with E-state index in [0.29, 0.717) is 0 Å². The van der Waals surface area contributed by atoms with Gasteiger partial charge in [0.05, 0.1) is 0 Å². The summed E-state index contributed by atoms with van der Waals surface area (Å²) in [5.41, 5.74) is 0. The van der Waals surface area contributed by atoms with E-state index in [4.69, 9.17) is 11.6 Å². The van der Waals surface area contributed by atoms with Crippen LogP contribution in [0.15, 0.2) is 0 Å². The summed E-state index contributed by atoms with van der Waals surface area (Å²) in [4.78, 5) is 2.53. The lowest BCUT2D eigenvalue weighted by Gasteiger charge is -2.31. The zero-order chi connectivity index (χ0) is 9.52. The van der Waals surface area contributed by atoms with Gasteiger partial charge in [-0.2, -0.15) is 0 Å². The lowest BCUT2D eigenvalue weighted by atomic mass is 9.94. The molecule has 0 unspecified atom stereocenters. The third kappa shape index (κ3) is 4.33. The Balaban J connectivity index is 2.09. The topological polar surface area (TPSA) is 3.24 Å². The summed E-state index contributed by atoms with van der Waals surface area (Å²) in [6.45, 7) is 1.23. The Morgan fingerprint density at radius 3 is 2.46 bits per heavy atom. The minimum absolute atomic E-state index is 0.818. The largest absolute Gasteiger partial charge is 0.303 e. The number of alkyl halides is 1. The minimum Gasteiger partial charge on any atom is -0.303 e. The van der Waals surface area contributed by atoms with Crippen LogP contribution in [0.3, 0.4) is 0 Å². The normalized spacial score (nSPS) is 19.6. The molecule has 0 bridgehead atoms. The van der Waals surface area contributed by atoms with Crippen LogP contribution in [-0.4, -0.2) is 30.4 Å². The van der Waals surface area contributed by atoms with Crippen LogP contribution in [0, 0.1) is 0 Å². The molecule has 0 aliphatic heterocycles. The summed E-state index contributed by atoms with van der Waals surface area (Å²) in [5, 5.41) is 0. The molecule has 0 amide bonds. The van der Waals surface area contributed by atoms with Gasteiger partial charge in [0.2, 0.25) is 0 Å². The number of nitrogens with zero attached hydrogens (tertiary/aromatic N) is 1. The van der Waals surface area contributed by atoms with Crippen LogP contribution in [0.1, 0.15) is 44.9 Å². The number of rotatable bonds is 5. The lowest BCUT2D eigenvalue weighted by molar-refractivity contribution is 0.189. The molecule has 1 aliphatic carbocycles. The van der Waals surface area contributed by atoms with Crippen LogP contribution >= 0.6 is 11.6 Å². The Bertz CT molecular complexity index is 121. The van der Waals surface area contributed by atoms with Gasteiger partial charge in [-0.15, -0.1) is 11.6 Å². The predicted molar refractivity (Wildman–Crippen MR) is 59.5 cm³/mol. The smallest absolute Gasteiger partial charge is 0.0223 e. The van der Waals surface area contributed by atoms with Gasteiger partial charge >= 0.3 is 0 Å². The summed E-state index contributed by atoms with van der Waals surface area (Å²) >= 11 is 5.65. The van der Waals surface area contributed by atoms with Crippen molar-refractivity contribution in [2.24, 2.45) is 0 Å². The maximum absolute atomic E-state index is 5.65. The van der Waals surface area contributed by atoms with Crippen LogP contribution in [0.25, 0.3) is 0 Å². The standard InChI is InChI=1S/C11H22ClN/c1-13(10-6-5-9-12)11-7-3-2-4-8-11/h11H,2-10H2,1H3. The summed E-state index contributed by atoms with van der Waals surface area (Å²) < 4.78 is 0. The molecule has 2 heteroatoms. The van der Waals surface area contributed by atoms with E-state index in [1.165, 1.54) is 51.5 Å². The molecule has 0 radical (unpaired) electrons. The number of hydrogen-bond acceptors (Lipinski definition) is 1. The zero-order valence-electron chi connectivity index (χ0n) is 8.77. The molecule has 1 saturated carbocycles. The fourth-order valence-electron chi connectivity index (χ4n) is 2.16. The van der Waals surface area contributed by atoms with Gasteiger partial charge < -0.3 is 4.90 Å². The van der Waals surface area contributed by atoms with E-state index in [0.717, 1.165) is 11.9 Å². The minimum atomic E-state index is 0.818. The number of unbranched alkanes of at least 4 members (excludes halogenated alkanes) is 1. The highest BCUT2D eigenvalue weighted by molar-refractivity contribution is 6.17. The lowest BCUT2D eigenvalue weighted by Crippen LogP contribution is -2.34. The maximum atomic E-state index is 5.65. The highest BCUT2D eigenvalue weighted by atomic mass is 35.5. The SMILES string of the molecule is CN(CCCCCl)C1CCCCC1. The van der Waals surface area contributed by atoms with Crippen molar-refractivity contribution in [3.8, 4) is 0 Å². The molecule has 0 aromatic rings. The molecule has 1 nitrogen and oxygen atoms in total. The third-order valence-electron chi connectivity index (χ3n) is 3.09. The van der Waals surface area contributed by atoms with Gasteiger partial charge in [-0.25, -0.2) is 0 Å². The molecular weight excluding hydrogens is 182 g/mol. The van der Waals surface area contributed by atoms with E-state index in [1.807, 2.05) is 0 Å². The Morgan fingerprint density at radius 1 is 1.15 bits per heavy atom. The van der Waals surface area contributed by atoms with Crippen molar-refractivity contribution >= 4 is 11.6 Å². The van der Waals surface area contributed by atoms with Crippen molar-refractivity contribution in [3.63, 3.8) is 0 Å². The second-order valence-electron chi connectivity index (χ2n) is 4.17. The molecule has 78 valence electrons. The van der Waals surface area contributed by atoms with E-state index < -0.39 is 0 Å². The molecule has 0 N–H and O–H groups in total. The molecule has 13 heavy (non-hydrogen) atoms. The molecule has 0 atom stereocenters. The zero-order valence-corrected chi connectivity index (χ0v) is 9.52. The highest BCUT2D eigenvalue weighted by Crippen LogP contribution is 2.21. The Morgan fingerprint density at radius 2 is 1.85 bits per heavy atom. The number of hydrogen-bond donors (Lipinski definition) is 0. The van der Waals surface area contributed by atoms with Crippen LogP contribution in [0.5, 0.6) is 0 Å². The van der Waals surface area contributed by atoms with Gasteiger partial charge in [-0.3, -0.25) is 0 Å². The summed E-state index contributed by atoms with van der Waals surface area (Å²) in [7, 11) is 2.27. The van der Waals surface area contributed by atoms with Crippen LogP contribution < -0.4 is 0 Å². The molecule has 0 aromatic heterocycles. The van der Waals surface area contributed by atoms with Gasteiger partial charge in [0.15, 0.2) is 0 Å². The first-order chi connectivity index (χ1) is 6.34. The van der Waals surface area contributed by atoms with E-state index in [9.17, 15) is 0 Å². The highest BCUT2D eigenvalue weighted by Gasteiger charge is 2.16. The quantitative estimate of drug-likeness (QED) is 0.490. The van der Waals surface area contributed by atoms with E-state index in [2.05, 4.69) is 11.9 Å². The Labute approximate surface area is 87.4 Å². The maximum Gasteiger partial charge on any atom is 0.0223 e. The van der Waals surface area contributed by atoms with Crippen molar-refractivity contribution in [3.05, 3.63) is 0 Å². The second-order valence-corrected chi connectivity index (χ2v) is 4.55. The van der Waals surface area contributed by atoms with Gasteiger partial charge in [0.1, 0.15) is 0 Å². The van der Waals surface area contributed by atoms with Gasteiger partial charge in [-0.05, 0) is 39.3 Å². The van der Waals surface area contributed by atoms with Gasteiger partial charge in [-0.1, -0.05) is 19.3 Å². The molecule has 0 heterocycles.